The maximum atomic E-state index is 7.25. The average Bonchev–Trinajstić information content (AvgIpc) is 2.31. The summed E-state index contributed by atoms with van der Waals surface area (Å²) in [5.41, 5.74) is 6.89. The second kappa shape index (κ2) is 4.35. The normalized spacial score (nSPS) is 9.75. The second-order valence-electron chi connectivity index (χ2n) is 3.12. The molecule has 0 fully saturated rings. The molecule has 0 saturated carbocycles. The van der Waals surface area contributed by atoms with Gasteiger partial charge in [0, 0.05) is 17.3 Å². The predicted molar refractivity (Wildman–Crippen MR) is 60.6 cm³/mol. The zero-order chi connectivity index (χ0) is 11.4. The molecule has 0 aliphatic carbocycles. The van der Waals surface area contributed by atoms with E-state index in [0.717, 1.165) is 5.69 Å². The van der Waals surface area contributed by atoms with Crippen molar-refractivity contribution in [3.05, 3.63) is 42.1 Å². The number of nitrogens with two attached hydrogens (primary N) is 1. The second-order valence-corrected chi connectivity index (χ2v) is 3.12. The van der Waals surface area contributed by atoms with Crippen LogP contribution in [0.1, 0.15) is 5.56 Å². The highest BCUT2D eigenvalue weighted by Gasteiger charge is 1.98. The molecule has 0 atom stereocenters. The Bertz CT molecular complexity index is 478. The van der Waals surface area contributed by atoms with Gasteiger partial charge in [0.05, 0.1) is 6.20 Å². The Balaban J connectivity index is 2.14. The van der Waals surface area contributed by atoms with Crippen LogP contribution in [-0.2, 0) is 0 Å². The van der Waals surface area contributed by atoms with Gasteiger partial charge >= 0.3 is 0 Å². The van der Waals surface area contributed by atoms with E-state index in [1.54, 1.807) is 24.4 Å². The van der Waals surface area contributed by atoms with E-state index in [1.807, 2.05) is 12.1 Å². The van der Waals surface area contributed by atoms with Crippen molar-refractivity contribution in [2.75, 3.05) is 5.32 Å². The molecule has 4 N–H and O–H groups in total. The quantitative estimate of drug-likeness (QED) is 0.520. The van der Waals surface area contributed by atoms with Gasteiger partial charge in [0.2, 0.25) is 0 Å². The zero-order valence-corrected chi connectivity index (χ0v) is 8.38. The van der Waals surface area contributed by atoms with Crippen molar-refractivity contribution in [1.82, 2.24) is 15.4 Å². The SMILES string of the molecule is N=C(N)c1ccc(Nc2ccnnn2)cc1. The molecule has 16 heavy (non-hydrogen) atoms. The smallest absolute Gasteiger partial charge is 0.156 e. The fourth-order valence-corrected chi connectivity index (χ4v) is 1.19. The minimum atomic E-state index is 0.0512. The molecule has 1 aromatic carbocycles. The van der Waals surface area contributed by atoms with Gasteiger partial charge in [0.15, 0.2) is 5.82 Å². The predicted octanol–water partition coefficient (Wildman–Crippen LogP) is 0.899. The molecule has 1 heterocycles. The molecule has 2 aromatic rings. The largest absolute Gasteiger partial charge is 0.384 e. The molecule has 0 spiro atoms. The molecular formula is C10H10N6. The maximum Gasteiger partial charge on any atom is 0.156 e. The zero-order valence-electron chi connectivity index (χ0n) is 8.38. The molecule has 1 aromatic heterocycles. The highest BCUT2D eigenvalue weighted by Crippen LogP contribution is 2.13. The molecule has 0 aliphatic heterocycles. The molecule has 6 nitrogen and oxygen atoms in total. The highest BCUT2D eigenvalue weighted by molar-refractivity contribution is 5.95. The van der Waals surface area contributed by atoms with Crippen molar-refractivity contribution in [3.8, 4) is 0 Å². The molecule has 6 heteroatoms. The van der Waals surface area contributed by atoms with Crippen LogP contribution in [0, 0.1) is 5.41 Å². The summed E-state index contributed by atoms with van der Waals surface area (Å²) in [5.74, 6) is 0.667. The topological polar surface area (TPSA) is 101 Å². The fourth-order valence-electron chi connectivity index (χ4n) is 1.19. The van der Waals surface area contributed by atoms with Crippen molar-refractivity contribution in [3.63, 3.8) is 0 Å². The highest BCUT2D eigenvalue weighted by atomic mass is 15.3. The molecule has 0 saturated heterocycles. The standard InChI is InChI=1S/C10H10N6/c11-10(12)7-1-3-8(4-2-7)14-9-5-6-13-16-15-9/h1-6H,(H3,11,12)(H,13,14,15). The summed E-state index contributed by atoms with van der Waals surface area (Å²) in [4.78, 5) is 0. The molecule has 2 rings (SSSR count). The Hall–Kier alpha value is -2.50. The van der Waals surface area contributed by atoms with Crippen molar-refractivity contribution in [2.45, 2.75) is 0 Å². The number of amidine groups is 1. The molecule has 0 unspecified atom stereocenters. The Morgan fingerprint density at radius 3 is 2.50 bits per heavy atom. The summed E-state index contributed by atoms with van der Waals surface area (Å²) in [6, 6.07) is 8.88. The number of benzene rings is 1. The lowest BCUT2D eigenvalue weighted by Gasteiger charge is -2.04. The number of nitrogen functional groups attached to an aromatic ring is 1. The fraction of sp³-hybridized carbons (Fsp3) is 0. The van der Waals surface area contributed by atoms with Crippen LogP contribution < -0.4 is 11.1 Å². The van der Waals surface area contributed by atoms with Crippen molar-refractivity contribution in [2.24, 2.45) is 5.73 Å². The van der Waals surface area contributed by atoms with Crippen LogP contribution in [0.25, 0.3) is 0 Å². The third-order valence-electron chi connectivity index (χ3n) is 1.97. The summed E-state index contributed by atoms with van der Waals surface area (Å²) < 4.78 is 0. The molecule has 80 valence electrons. The third-order valence-corrected chi connectivity index (χ3v) is 1.97. The number of anilines is 2. The van der Waals surface area contributed by atoms with Crippen LogP contribution in [-0.4, -0.2) is 21.2 Å². The minimum Gasteiger partial charge on any atom is -0.384 e. The Labute approximate surface area is 92.0 Å². The maximum absolute atomic E-state index is 7.25. The first-order valence-corrected chi connectivity index (χ1v) is 4.61. The lowest BCUT2D eigenvalue weighted by molar-refractivity contribution is 0.871. The van der Waals surface area contributed by atoms with Crippen LogP contribution in [0.3, 0.4) is 0 Å². The lowest BCUT2D eigenvalue weighted by atomic mass is 10.2. The van der Waals surface area contributed by atoms with Crippen LogP contribution in [0.15, 0.2) is 36.5 Å². The Morgan fingerprint density at radius 2 is 1.94 bits per heavy atom. The Morgan fingerprint density at radius 1 is 1.19 bits per heavy atom. The van der Waals surface area contributed by atoms with E-state index in [0.29, 0.717) is 11.4 Å². The summed E-state index contributed by atoms with van der Waals surface area (Å²) in [6.45, 7) is 0. The number of aromatic nitrogens is 3. The van der Waals surface area contributed by atoms with Gasteiger partial charge in [-0.15, -0.1) is 10.2 Å². The first kappa shape index (κ1) is 10.0. The van der Waals surface area contributed by atoms with Crippen LogP contribution >= 0.6 is 0 Å². The molecule has 0 amide bonds. The van der Waals surface area contributed by atoms with Gasteiger partial charge in [0.25, 0.3) is 0 Å². The molecular weight excluding hydrogens is 204 g/mol. The van der Waals surface area contributed by atoms with Gasteiger partial charge in [-0.05, 0) is 29.5 Å². The van der Waals surface area contributed by atoms with Crippen LogP contribution in [0.5, 0.6) is 0 Å². The number of hydrogen-bond acceptors (Lipinski definition) is 5. The average molecular weight is 214 g/mol. The van der Waals surface area contributed by atoms with Gasteiger partial charge in [-0.25, -0.2) is 0 Å². The molecule has 0 aliphatic rings. The lowest BCUT2D eigenvalue weighted by Crippen LogP contribution is -2.10. The first-order chi connectivity index (χ1) is 7.75. The van der Waals surface area contributed by atoms with Gasteiger partial charge < -0.3 is 11.1 Å². The van der Waals surface area contributed by atoms with Gasteiger partial charge in [-0.3, -0.25) is 5.41 Å². The summed E-state index contributed by atoms with van der Waals surface area (Å²) in [7, 11) is 0. The van der Waals surface area contributed by atoms with E-state index in [1.165, 1.54) is 0 Å². The first-order valence-electron chi connectivity index (χ1n) is 4.61. The minimum absolute atomic E-state index is 0.0512. The Kier molecular flexibility index (Phi) is 2.73. The van der Waals surface area contributed by atoms with Gasteiger partial charge in [-0.2, -0.15) is 0 Å². The van der Waals surface area contributed by atoms with Gasteiger partial charge in [0.1, 0.15) is 5.84 Å². The van der Waals surface area contributed by atoms with Crippen LogP contribution in [0.2, 0.25) is 0 Å². The summed E-state index contributed by atoms with van der Waals surface area (Å²) >= 11 is 0. The van der Waals surface area contributed by atoms with E-state index < -0.39 is 0 Å². The van der Waals surface area contributed by atoms with E-state index in [2.05, 4.69) is 20.7 Å². The van der Waals surface area contributed by atoms with Crippen molar-refractivity contribution >= 4 is 17.3 Å². The van der Waals surface area contributed by atoms with E-state index in [9.17, 15) is 0 Å². The van der Waals surface area contributed by atoms with Crippen molar-refractivity contribution < 1.29 is 0 Å². The van der Waals surface area contributed by atoms with Gasteiger partial charge in [-0.1, -0.05) is 0 Å². The number of hydrogen-bond donors (Lipinski definition) is 3. The molecule has 0 bridgehead atoms. The van der Waals surface area contributed by atoms with Crippen molar-refractivity contribution in [1.29, 1.82) is 5.41 Å². The third kappa shape index (κ3) is 2.30. The number of nitrogens with zero attached hydrogens (tertiary/aromatic N) is 3. The van der Waals surface area contributed by atoms with E-state index in [4.69, 9.17) is 11.1 Å². The van der Waals surface area contributed by atoms with E-state index >= 15 is 0 Å². The van der Waals surface area contributed by atoms with Crippen LogP contribution in [0.4, 0.5) is 11.5 Å². The molecule has 0 radical (unpaired) electrons. The number of rotatable bonds is 3. The monoisotopic (exact) mass is 214 g/mol. The van der Waals surface area contributed by atoms with E-state index in [-0.39, 0.29) is 5.84 Å². The summed E-state index contributed by atoms with van der Waals surface area (Å²) in [5, 5.41) is 21.2. The number of nitrogens with one attached hydrogen (secondary N) is 2. The summed E-state index contributed by atoms with van der Waals surface area (Å²) in [6.07, 6.45) is 1.55.